The van der Waals surface area contributed by atoms with E-state index in [0.29, 0.717) is 5.56 Å². The van der Waals surface area contributed by atoms with Crippen LogP contribution in [0.15, 0.2) is 48.6 Å². The van der Waals surface area contributed by atoms with E-state index < -0.39 is 4.92 Å². The van der Waals surface area contributed by atoms with Gasteiger partial charge in [-0.2, -0.15) is 0 Å². The highest BCUT2D eigenvalue weighted by Crippen LogP contribution is 2.51. The number of allylic oxidation sites excluding steroid dienone is 2. The maximum absolute atomic E-state index is 11.3. The van der Waals surface area contributed by atoms with Crippen molar-refractivity contribution < 1.29 is 9.85 Å². The molecule has 0 amide bonds. The predicted molar refractivity (Wildman–Crippen MR) is 97.3 cm³/mol. The molecule has 0 fully saturated rings. The maximum Gasteiger partial charge on any atom is 0.274 e. The molecule has 7 heteroatoms. The average molecular weight is 351 g/mol. The summed E-state index contributed by atoms with van der Waals surface area (Å²) in [6, 6.07) is 9.90. The van der Waals surface area contributed by atoms with E-state index in [-0.39, 0.29) is 34.2 Å². The lowest BCUT2D eigenvalue weighted by Crippen LogP contribution is -2.29. The smallest absolute Gasteiger partial charge is 0.274 e. The lowest BCUT2D eigenvalue weighted by Gasteiger charge is -2.38. The summed E-state index contributed by atoms with van der Waals surface area (Å²) >= 11 is 0. The summed E-state index contributed by atoms with van der Waals surface area (Å²) in [5.74, 6) is 0.468. The standard InChI is InChI=1S/C19H17N3O4/c1-11-17(22(25)26)10-9-16-14-3-2-4-15(14)19(20-18(11)16)12-5-7-13(8-6-12)21(23)24/h2-3,5-10,14-15,19-20H,4H2,1H3. The van der Waals surface area contributed by atoms with Gasteiger partial charge in [0.25, 0.3) is 11.4 Å². The van der Waals surface area contributed by atoms with E-state index in [2.05, 4.69) is 17.5 Å². The van der Waals surface area contributed by atoms with Crippen LogP contribution in [0.5, 0.6) is 0 Å². The van der Waals surface area contributed by atoms with Gasteiger partial charge in [-0.15, -0.1) is 0 Å². The fourth-order valence-electron chi connectivity index (χ4n) is 4.13. The Kier molecular flexibility index (Phi) is 3.72. The molecule has 2 aromatic carbocycles. The zero-order chi connectivity index (χ0) is 18.4. The van der Waals surface area contributed by atoms with E-state index in [9.17, 15) is 20.2 Å². The molecule has 26 heavy (non-hydrogen) atoms. The van der Waals surface area contributed by atoms with Gasteiger partial charge in [0.15, 0.2) is 0 Å². The molecule has 0 bridgehead atoms. The first-order chi connectivity index (χ1) is 12.5. The number of anilines is 1. The predicted octanol–water partition coefficient (Wildman–Crippen LogP) is 4.64. The van der Waals surface area contributed by atoms with Crippen LogP contribution >= 0.6 is 0 Å². The molecule has 1 aliphatic carbocycles. The number of rotatable bonds is 3. The second-order valence-electron chi connectivity index (χ2n) is 6.76. The minimum absolute atomic E-state index is 0.0518. The third-order valence-corrected chi connectivity index (χ3v) is 5.43. The van der Waals surface area contributed by atoms with Crippen molar-refractivity contribution in [3.05, 3.63) is 85.5 Å². The van der Waals surface area contributed by atoms with Gasteiger partial charge >= 0.3 is 0 Å². The first-order valence-electron chi connectivity index (χ1n) is 8.43. The molecule has 0 saturated heterocycles. The van der Waals surface area contributed by atoms with E-state index in [4.69, 9.17) is 0 Å². The lowest BCUT2D eigenvalue weighted by molar-refractivity contribution is -0.385. The van der Waals surface area contributed by atoms with Crippen molar-refractivity contribution >= 4 is 17.1 Å². The number of benzene rings is 2. The molecule has 2 aromatic rings. The summed E-state index contributed by atoms with van der Waals surface area (Å²) in [6.45, 7) is 1.76. The van der Waals surface area contributed by atoms with Crippen LogP contribution in [-0.2, 0) is 0 Å². The second kappa shape index (κ2) is 5.94. The van der Waals surface area contributed by atoms with Crippen molar-refractivity contribution in [2.75, 3.05) is 5.32 Å². The van der Waals surface area contributed by atoms with Crippen LogP contribution in [-0.4, -0.2) is 9.85 Å². The molecule has 3 unspecified atom stereocenters. The molecule has 3 atom stereocenters. The number of fused-ring (bicyclic) bond motifs is 3. The largest absolute Gasteiger partial charge is 0.377 e. The fraction of sp³-hybridized carbons (Fsp3) is 0.263. The van der Waals surface area contributed by atoms with Crippen molar-refractivity contribution in [2.45, 2.75) is 25.3 Å². The average Bonchev–Trinajstić information content (AvgIpc) is 3.11. The maximum atomic E-state index is 11.3. The Balaban J connectivity index is 1.78. The normalized spacial score (nSPS) is 23.0. The van der Waals surface area contributed by atoms with Gasteiger partial charge in [0.2, 0.25) is 0 Å². The highest BCUT2D eigenvalue weighted by molar-refractivity contribution is 5.69. The Morgan fingerprint density at radius 3 is 2.42 bits per heavy atom. The number of hydrogen-bond donors (Lipinski definition) is 1. The van der Waals surface area contributed by atoms with Gasteiger partial charge in [0.1, 0.15) is 0 Å². The molecule has 1 heterocycles. The van der Waals surface area contributed by atoms with Crippen LogP contribution in [0.2, 0.25) is 0 Å². The summed E-state index contributed by atoms with van der Waals surface area (Å²) in [7, 11) is 0. The van der Waals surface area contributed by atoms with Crippen LogP contribution < -0.4 is 5.32 Å². The van der Waals surface area contributed by atoms with Crippen LogP contribution in [0.1, 0.15) is 35.1 Å². The van der Waals surface area contributed by atoms with Crippen LogP contribution in [0.3, 0.4) is 0 Å². The van der Waals surface area contributed by atoms with E-state index in [1.807, 2.05) is 6.07 Å². The SMILES string of the molecule is Cc1c([N+](=O)[O-])ccc2c1NC(c1ccc([N+](=O)[O-])cc1)C1CC=CC21. The van der Waals surface area contributed by atoms with Gasteiger partial charge < -0.3 is 5.32 Å². The van der Waals surface area contributed by atoms with Crippen molar-refractivity contribution in [1.29, 1.82) is 0 Å². The molecule has 4 rings (SSSR count). The number of hydrogen-bond acceptors (Lipinski definition) is 5. The molecule has 0 saturated carbocycles. The summed E-state index contributed by atoms with van der Waals surface area (Å²) < 4.78 is 0. The molecule has 132 valence electrons. The number of nitrogens with zero attached hydrogens (tertiary/aromatic N) is 2. The summed E-state index contributed by atoms with van der Waals surface area (Å²) in [4.78, 5) is 21.4. The topological polar surface area (TPSA) is 98.3 Å². The van der Waals surface area contributed by atoms with Crippen molar-refractivity contribution in [3.63, 3.8) is 0 Å². The minimum atomic E-state index is -0.416. The van der Waals surface area contributed by atoms with E-state index >= 15 is 0 Å². The highest BCUT2D eigenvalue weighted by Gasteiger charge is 2.39. The van der Waals surface area contributed by atoms with Gasteiger partial charge in [0, 0.05) is 29.8 Å². The molecular formula is C19H17N3O4. The van der Waals surface area contributed by atoms with Gasteiger partial charge in [-0.05, 0) is 36.5 Å². The molecule has 0 radical (unpaired) electrons. The first kappa shape index (κ1) is 16.3. The molecule has 0 aromatic heterocycles. The van der Waals surface area contributed by atoms with Gasteiger partial charge in [-0.25, -0.2) is 0 Å². The van der Waals surface area contributed by atoms with Gasteiger partial charge in [-0.3, -0.25) is 20.2 Å². The Labute approximate surface area is 149 Å². The molecule has 7 nitrogen and oxygen atoms in total. The lowest BCUT2D eigenvalue weighted by atomic mass is 9.76. The van der Waals surface area contributed by atoms with Gasteiger partial charge in [-0.1, -0.05) is 24.3 Å². The van der Waals surface area contributed by atoms with Crippen LogP contribution in [0.25, 0.3) is 0 Å². The number of non-ortho nitro benzene ring substituents is 1. The molecule has 1 N–H and O–H groups in total. The summed E-state index contributed by atoms with van der Waals surface area (Å²) in [5, 5.41) is 25.7. The Hall–Kier alpha value is -3.22. The minimum Gasteiger partial charge on any atom is -0.377 e. The van der Waals surface area contributed by atoms with Crippen LogP contribution in [0, 0.1) is 33.1 Å². The zero-order valence-corrected chi connectivity index (χ0v) is 14.1. The Bertz CT molecular complexity index is 937. The molecule has 0 spiro atoms. The first-order valence-corrected chi connectivity index (χ1v) is 8.43. The molecule has 1 aliphatic heterocycles. The number of nitro benzene ring substituents is 2. The number of nitrogens with one attached hydrogen (secondary N) is 1. The van der Waals surface area contributed by atoms with Crippen LogP contribution in [0.4, 0.5) is 17.1 Å². The van der Waals surface area contributed by atoms with E-state index in [1.165, 1.54) is 12.1 Å². The Morgan fingerprint density at radius 1 is 1.04 bits per heavy atom. The molecular weight excluding hydrogens is 334 g/mol. The second-order valence-corrected chi connectivity index (χ2v) is 6.76. The van der Waals surface area contributed by atoms with Crippen molar-refractivity contribution in [3.8, 4) is 0 Å². The van der Waals surface area contributed by atoms with Gasteiger partial charge in [0.05, 0.1) is 21.5 Å². The van der Waals surface area contributed by atoms with Crippen molar-refractivity contribution in [2.24, 2.45) is 5.92 Å². The van der Waals surface area contributed by atoms with Crippen molar-refractivity contribution in [1.82, 2.24) is 0 Å². The third kappa shape index (κ3) is 2.44. The highest BCUT2D eigenvalue weighted by atomic mass is 16.6. The fourth-order valence-corrected chi connectivity index (χ4v) is 4.13. The molecule has 2 aliphatic rings. The Morgan fingerprint density at radius 2 is 1.77 bits per heavy atom. The quantitative estimate of drug-likeness (QED) is 0.493. The van der Waals surface area contributed by atoms with E-state index in [0.717, 1.165) is 23.2 Å². The summed E-state index contributed by atoms with van der Waals surface area (Å²) in [6.07, 6.45) is 5.20. The monoisotopic (exact) mass is 351 g/mol. The number of nitro groups is 2. The summed E-state index contributed by atoms with van der Waals surface area (Å²) in [5.41, 5.74) is 3.60. The third-order valence-electron chi connectivity index (χ3n) is 5.43. The zero-order valence-electron chi connectivity index (χ0n) is 14.1. The van der Waals surface area contributed by atoms with E-state index in [1.54, 1.807) is 25.1 Å².